The number of hydrogen-bond acceptors (Lipinski definition) is 3. The average Bonchev–Trinajstić information content (AvgIpc) is 2.62. The molecule has 2 aromatic heterocycles. The lowest BCUT2D eigenvalue weighted by atomic mass is 10.0. The van der Waals surface area contributed by atoms with Crippen molar-refractivity contribution in [1.29, 1.82) is 0 Å². The summed E-state index contributed by atoms with van der Waals surface area (Å²) in [7, 11) is 0. The van der Waals surface area contributed by atoms with Crippen LogP contribution in [0.15, 0.2) is 72.9 Å². The maximum absolute atomic E-state index is 12.4. The molecule has 0 saturated carbocycles. The lowest BCUT2D eigenvalue weighted by Gasteiger charge is -2.06. The number of carbonyl (C=O) groups is 1. The van der Waals surface area contributed by atoms with Crippen LogP contribution < -0.4 is 0 Å². The Morgan fingerprint density at radius 1 is 0.870 bits per heavy atom. The number of rotatable bonds is 3. The third-order valence-electron chi connectivity index (χ3n) is 3.94. The maximum atomic E-state index is 12.4. The van der Waals surface area contributed by atoms with E-state index in [0.29, 0.717) is 12.0 Å². The molecule has 0 amide bonds. The molecule has 4 aromatic rings. The molecular weight excluding hydrogens is 284 g/mol. The van der Waals surface area contributed by atoms with Crippen LogP contribution in [0.5, 0.6) is 0 Å². The Bertz CT molecular complexity index is 1010. The molecule has 0 N–H and O–H groups in total. The monoisotopic (exact) mass is 298 g/mol. The number of hydrogen-bond donors (Lipinski definition) is 0. The van der Waals surface area contributed by atoms with E-state index < -0.39 is 0 Å². The highest BCUT2D eigenvalue weighted by Crippen LogP contribution is 2.22. The molecule has 110 valence electrons. The number of fused-ring (bicyclic) bond motifs is 3. The number of aromatic nitrogens is 2. The molecule has 0 saturated heterocycles. The zero-order valence-electron chi connectivity index (χ0n) is 12.4. The van der Waals surface area contributed by atoms with Crippen molar-refractivity contribution in [2.75, 3.05) is 0 Å². The molecule has 0 aliphatic heterocycles. The first-order valence-corrected chi connectivity index (χ1v) is 7.53. The standard InChI is InChI=1S/C20H14N2O/c23-19(14-5-2-1-3-6-14)13-16-10-8-15-9-11-18-17(20(15)22-16)7-4-12-21-18/h1-12H,13H2. The van der Waals surface area contributed by atoms with Crippen molar-refractivity contribution in [1.82, 2.24) is 9.97 Å². The fraction of sp³-hybridized carbons (Fsp3) is 0.0500. The molecule has 2 heterocycles. The Kier molecular flexibility index (Phi) is 3.31. The molecule has 2 aromatic carbocycles. The van der Waals surface area contributed by atoms with E-state index in [0.717, 1.165) is 27.5 Å². The van der Waals surface area contributed by atoms with Crippen LogP contribution in [0.4, 0.5) is 0 Å². The van der Waals surface area contributed by atoms with Gasteiger partial charge in [0.25, 0.3) is 0 Å². The zero-order chi connectivity index (χ0) is 15.6. The predicted octanol–water partition coefficient (Wildman–Crippen LogP) is 4.21. The number of nitrogens with zero attached hydrogens (tertiary/aromatic N) is 2. The molecule has 0 fully saturated rings. The van der Waals surface area contributed by atoms with Gasteiger partial charge in [-0.15, -0.1) is 0 Å². The number of benzene rings is 2. The number of Topliss-reactive ketones (excluding diaryl/α,β-unsaturated/α-hetero) is 1. The van der Waals surface area contributed by atoms with Gasteiger partial charge in [0.15, 0.2) is 5.78 Å². The fourth-order valence-electron chi connectivity index (χ4n) is 2.77. The van der Waals surface area contributed by atoms with Crippen molar-refractivity contribution in [3.05, 3.63) is 84.2 Å². The van der Waals surface area contributed by atoms with Gasteiger partial charge < -0.3 is 0 Å². The SMILES string of the molecule is O=C(Cc1ccc2ccc3ncccc3c2n1)c1ccccc1. The highest BCUT2D eigenvalue weighted by molar-refractivity contribution is 6.04. The lowest BCUT2D eigenvalue weighted by molar-refractivity contribution is 0.0992. The molecule has 0 radical (unpaired) electrons. The van der Waals surface area contributed by atoms with Gasteiger partial charge in [-0.25, -0.2) is 0 Å². The summed E-state index contributed by atoms with van der Waals surface area (Å²) in [5, 5.41) is 2.07. The summed E-state index contributed by atoms with van der Waals surface area (Å²) in [5.74, 6) is 0.0795. The fourth-order valence-corrected chi connectivity index (χ4v) is 2.77. The second kappa shape index (κ2) is 5.61. The van der Waals surface area contributed by atoms with Gasteiger partial charge in [0, 0.05) is 28.2 Å². The summed E-state index contributed by atoms with van der Waals surface area (Å²) < 4.78 is 0. The van der Waals surface area contributed by atoms with Crippen LogP contribution in [-0.4, -0.2) is 15.8 Å². The topological polar surface area (TPSA) is 42.9 Å². The third kappa shape index (κ3) is 2.57. The quantitative estimate of drug-likeness (QED) is 0.420. The third-order valence-corrected chi connectivity index (χ3v) is 3.94. The first-order chi connectivity index (χ1) is 11.3. The first-order valence-electron chi connectivity index (χ1n) is 7.53. The van der Waals surface area contributed by atoms with Crippen molar-refractivity contribution < 1.29 is 4.79 Å². The lowest BCUT2D eigenvalue weighted by Crippen LogP contribution is -2.05. The summed E-state index contributed by atoms with van der Waals surface area (Å²) in [4.78, 5) is 21.4. The largest absolute Gasteiger partial charge is 0.294 e. The highest BCUT2D eigenvalue weighted by atomic mass is 16.1. The van der Waals surface area contributed by atoms with Gasteiger partial charge in [-0.05, 0) is 24.3 Å². The van der Waals surface area contributed by atoms with E-state index in [9.17, 15) is 4.79 Å². The first kappa shape index (κ1) is 13.6. The average molecular weight is 298 g/mol. The van der Waals surface area contributed by atoms with Crippen molar-refractivity contribution in [3.8, 4) is 0 Å². The molecule has 3 nitrogen and oxygen atoms in total. The summed E-state index contributed by atoms with van der Waals surface area (Å²) in [6, 6.07) is 21.2. The smallest absolute Gasteiger partial charge is 0.168 e. The molecule has 4 rings (SSSR count). The highest BCUT2D eigenvalue weighted by Gasteiger charge is 2.09. The summed E-state index contributed by atoms with van der Waals surface area (Å²) in [6.07, 6.45) is 2.08. The van der Waals surface area contributed by atoms with Crippen molar-refractivity contribution in [2.45, 2.75) is 6.42 Å². The van der Waals surface area contributed by atoms with E-state index in [2.05, 4.69) is 4.98 Å². The van der Waals surface area contributed by atoms with Crippen LogP contribution in [-0.2, 0) is 6.42 Å². The van der Waals surface area contributed by atoms with Crippen LogP contribution in [0.2, 0.25) is 0 Å². The van der Waals surface area contributed by atoms with Crippen LogP contribution in [0.3, 0.4) is 0 Å². The minimum atomic E-state index is 0.0795. The van der Waals surface area contributed by atoms with Crippen molar-refractivity contribution in [2.24, 2.45) is 0 Å². The van der Waals surface area contributed by atoms with Crippen LogP contribution in [0.1, 0.15) is 16.1 Å². The Morgan fingerprint density at radius 2 is 1.70 bits per heavy atom. The summed E-state index contributed by atoms with van der Waals surface area (Å²) >= 11 is 0. The Labute approximate surface area is 133 Å². The van der Waals surface area contributed by atoms with E-state index in [1.165, 1.54) is 0 Å². The Morgan fingerprint density at radius 3 is 2.57 bits per heavy atom. The number of pyridine rings is 2. The molecule has 0 atom stereocenters. The predicted molar refractivity (Wildman–Crippen MR) is 91.5 cm³/mol. The van der Waals surface area contributed by atoms with E-state index in [1.54, 1.807) is 6.20 Å². The van der Waals surface area contributed by atoms with Gasteiger partial charge in [0.1, 0.15) is 0 Å². The van der Waals surface area contributed by atoms with Crippen LogP contribution >= 0.6 is 0 Å². The summed E-state index contributed by atoms with van der Waals surface area (Å²) in [5.41, 5.74) is 3.31. The molecule has 0 aliphatic rings. The minimum Gasteiger partial charge on any atom is -0.294 e. The van der Waals surface area contributed by atoms with E-state index >= 15 is 0 Å². The summed E-state index contributed by atoms with van der Waals surface area (Å²) in [6.45, 7) is 0. The molecular formula is C20H14N2O. The normalized spacial score (nSPS) is 11.0. The van der Waals surface area contributed by atoms with Gasteiger partial charge >= 0.3 is 0 Å². The minimum absolute atomic E-state index is 0.0795. The van der Waals surface area contributed by atoms with Crippen molar-refractivity contribution in [3.63, 3.8) is 0 Å². The molecule has 0 spiro atoms. The van der Waals surface area contributed by atoms with E-state index in [1.807, 2.05) is 66.7 Å². The van der Waals surface area contributed by atoms with Gasteiger partial charge in [-0.3, -0.25) is 14.8 Å². The van der Waals surface area contributed by atoms with Gasteiger partial charge in [0.05, 0.1) is 17.5 Å². The maximum Gasteiger partial charge on any atom is 0.168 e. The molecule has 3 heteroatoms. The van der Waals surface area contributed by atoms with Gasteiger partial charge in [0.2, 0.25) is 0 Å². The zero-order valence-corrected chi connectivity index (χ0v) is 12.4. The molecule has 0 aliphatic carbocycles. The van der Waals surface area contributed by atoms with Crippen molar-refractivity contribution >= 4 is 27.6 Å². The van der Waals surface area contributed by atoms with Crippen LogP contribution in [0, 0.1) is 0 Å². The van der Waals surface area contributed by atoms with Gasteiger partial charge in [-0.2, -0.15) is 0 Å². The Balaban J connectivity index is 1.76. The number of carbonyl (C=O) groups excluding carboxylic acids is 1. The number of ketones is 1. The second-order valence-electron chi connectivity index (χ2n) is 5.48. The van der Waals surface area contributed by atoms with Gasteiger partial charge in [-0.1, -0.05) is 42.5 Å². The second-order valence-corrected chi connectivity index (χ2v) is 5.48. The van der Waals surface area contributed by atoms with Crippen LogP contribution in [0.25, 0.3) is 21.8 Å². The Hall–Kier alpha value is -3.07. The van der Waals surface area contributed by atoms with E-state index in [-0.39, 0.29) is 5.78 Å². The van der Waals surface area contributed by atoms with E-state index in [4.69, 9.17) is 4.98 Å². The molecule has 0 unspecified atom stereocenters. The molecule has 0 bridgehead atoms. The molecule has 23 heavy (non-hydrogen) atoms.